The fourth-order valence-corrected chi connectivity index (χ4v) is 13.6. The van der Waals surface area contributed by atoms with Gasteiger partial charge < -0.3 is 215 Å². The largest absolute Gasteiger partial charge is 0.477 e. The number of aliphatic hydroxyl groups excluding tert-OH is 23. The lowest BCUT2D eigenvalue weighted by Gasteiger charge is -2.50. The number of aliphatic carboxylic acids is 1. The molecule has 8 unspecified atom stereocenters. The highest BCUT2D eigenvalue weighted by Gasteiger charge is 2.61. The quantitative estimate of drug-likeness (QED) is 0.0331. The third kappa shape index (κ3) is 19.7. The molecule has 8 fully saturated rings. The van der Waals surface area contributed by atoms with Crippen molar-refractivity contribution in [3.8, 4) is 0 Å². The van der Waals surface area contributed by atoms with Crippen LogP contribution in [0.5, 0.6) is 0 Å². The molecule has 28 N–H and O–H groups in total. The summed E-state index contributed by atoms with van der Waals surface area (Å²) in [5.41, 5.74) is 0. The highest BCUT2D eigenvalue weighted by atomic mass is 16.8. The molecular formula is C59H98N4O44. The molecule has 8 aliphatic heterocycles. The maximum atomic E-state index is 13.0. The van der Waals surface area contributed by atoms with Crippen LogP contribution in [0.4, 0.5) is 0 Å². The van der Waals surface area contributed by atoms with Crippen molar-refractivity contribution in [2.45, 2.75) is 285 Å². The molecule has 48 nitrogen and oxygen atoms in total. The van der Waals surface area contributed by atoms with Crippen molar-refractivity contribution >= 4 is 29.6 Å². The van der Waals surface area contributed by atoms with Crippen LogP contribution in [-0.2, 0) is 95.0 Å². The van der Waals surface area contributed by atoms with Crippen molar-refractivity contribution in [2.24, 2.45) is 0 Å². The van der Waals surface area contributed by atoms with E-state index in [1.165, 1.54) is 0 Å². The van der Waals surface area contributed by atoms with Crippen LogP contribution in [0.25, 0.3) is 0 Å². The van der Waals surface area contributed by atoms with E-state index in [9.17, 15) is 147 Å². The molecule has 8 saturated heterocycles. The summed E-state index contributed by atoms with van der Waals surface area (Å²) in [5, 5.41) is 273. The van der Waals surface area contributed by atoms with Crippen molar-refractivity contribution in [3.63, 3.8) is 0 Å². The number of aliphatic hydroxyl groups is 23. The second-order valence-corrected chi connectivity index (χ2v) is 26.8. The van der Waals surface area contributed by atoms with E-state index >= 15 is 0 Å². The first-order chi connectivity index (χ1) is 50.4. The predicted molar refractivity (Wildman–Crippen MR) is 328 cm³/mol. The van der Waals surface area contributed by atoms with E-state index in [2.05, 4.69) is 21.3 Å². The van der Waals surface area contributed by atoms with Crippen LogP contribution in [0.1, 0.15) is 34.1 Å². The summed E-state index contributed by atoms with van der Waals surface area (Å²) in [7, 11) is 0. The Hall–Kier alpha value is -4.17. The fraction of sp³-hybridized carbons (Fsp3) is 0.915. The van der Waals surface area contributed by atoms with Gasteiger partial charge in [0.15, 0.2) is 44.0 Å². The van der Waals surface area contributed by atoms with Gasteiger partial charge in [-0.3, -0.25) is 19.2 Å². The number of carbonyl (C=O) groups is 5. The lowest BCUT2D eigenvalue weighted by Crippen LogP contribution is -2.70. The molecule has 0 aliphatic carbocycles. The molecule has 0 saturated carbocycles. The first-order valence-electron chi connectivity index (χ1n) is 33.7. The molecule has 48 heteroatoms. The number of hydrogen-bond acceptors (Lipinski definition) is 43. The minimum absolute atomic E-state index is 0.764. The van der Waals surface area contributed by atoms with Crippen LogP contribution in [0, 0.1) is 0 Å². The Bertz CT molecular complexity index is 2870. The van der Waals surface area contributed by atoms with Gasteiger partial charge in [-0.1, -0.05) is 0 Å². The van der Waals surface area contributed by atoms with Gasteiger partial charge in [0.2, 0.25) is 23.6 Å². The maximum absolute atomic E-state index is 13.0. The van der Waals surface area contributed by atoms with Crippen molar-refractivity contribution in [2.75, 3.05) is 52.9 Å². The zero-order valence-electron chi connectivity index (χ0n) is 57.4. The van der Waals surface area contributed by atoms with E-state index < -0.39 is 340 Å². The molecule has 0 bridgehead atoms. The highest BCUT2D eigenvalue weighted by Crippen LogP contribution is 2.40. The number of ether oxygens (including phenoxy) is 15. The van der Waals surface area contributed by atoms with Crippen LogP contribution in [0.2, 0.25) is 0 Å². The van der Waals surface area contributed by atoms with Gasteiger partial charge in [-0.2, -0.15) is 0 Å². The van der Waals surface area contributed by atoms with Crippen molar-refractivity contribution in [1.82, 2.24) is 21.3 Å². The molecule has 4 amide bonds. The Morgan fingerprint density at radius 1 is 0.383 bits per heavy atom. The number of amides is 4. The molecular weight excluding hydrogens is 1470 g/mol. The average molecular weight is 1570 g/mol. The van der Waals surface area contributed by atoms with Crippen LogP contribution in [-0.4, -0.2) is 456 Å². The Kier molecular flexibility index (Phi) is 31.5. The van der Waals surface area contributed by atoms with Crippen LogP contribution in [0.3, 0.4) is 0 Å². The van der Waals surface area contributed by atoms with Gasteiger partial charge in [0.1, 0.15) is 189 Å². The van der Waals surface area contributed by atoms with E-state index in [0.29, 0.717) is 0 Å². The second-order valence-electron chi connectivity index (χ2n) is 26.8. The number of nitrogens with one attached hydrogen (secondary N) is 4. The van der Waals surface area contributed by atoms with E-state index in [4.69, 9.17) is 71.1 Å². The first-order valence-corrected chi connectivity index (χ1v) is 33.7. The predicted octanol–water partition coefficient (Wildman–Crippen LogP) is -18.7. The van der Waals surface area contributed by atoms with Crippen molar-refractivity contribution < 1.29 is 218 Å². The van der Waals surface area contributed by atoms with Gasteiger partial charge in [-0.05, 0) is 0 Å². The normalized spacial score (nSPS) is 46.9. The summed E-state index contributed by atoms with van der Waals surface area (Å²) >= 11 is 0. The smallest absolute Gasteiger partial charge is 0.364 e. The van der Waals surface area contributed by atoms with Gasteiger partial charge in [0, 0.05) is 34.1 Å². The number of carbonyl (C=O) groups excluding carboxylic acids is 4. The molecule has 0 aromatic rings. The third-order valence-electron chi connectivity index (χ3n) is 19.2. The fourth-order valence-electron chi connectivity index (χ4n) is 13.6. The van der Waals surface area contributed by atoms with Gasteiger partial charge in [0.05, 0.1) is 65.0 Å². The van der Waals surface area contributed by atoms with Crippen molar-refractivity contribution in [1.29, 1.82) is 0 Å². The number of hydrogen-bond donors (Lipinski definition) is 28. The number of carboxylic acid groups (broad SMARTS) is 1. The van der Waals surface area contributed by atoms with Crippen LogP contribution < -0.4 is 21.3 Å². The van der Waals surface area contributed by atoms with Gasteiger partial charge in [-0.25, -0.2) is 4.79 Å². The average Bonchev–Trinajstić information content (AvgIpc) is 0.769. The standard InChI is InChI=1S/C59H98N4O44/c1-14(70)60-27-18(74)5-59(58(91)92,107-48(27)31(76)19(75)6-64)94-13-26-34(79)40(85)43(88)55(101-26)103-46-23(10-68)99-53(30(38(46)83)63-17(4)73)106-50-41(86)33(78)21(8-66)97-57(50)93-12-25-35(80)49(105-54-42(87)39(84)32(77)20(7-65)96-54)44(89)56(100-25)104-47-24(11-69)98-52(29(37(47)82)62-16(3)72)102-45-22(9-67)95-51(90)28(36(45)81)61-15(2)71/h18-57,64-69,74-90H,5-13H2,1-4H3,(H,60,70)(H,61,71)(H,62,72)(H,63,73)(H,91,92)/t18-,19+,20+,21+,22+,23+,24+,25+,26+,27+,28+,29+,30+,31+,32+,33+,34-,35+,36+,37+,38+,39-,40-,41-,42-,43+,44-,45+,46+,47+,48+,49-,50-,51?,52?,53?,54?,55?,56?,57?,59?/m0/s1. The van der Waals surface area contributed by atoms with Crippen molar-refractivity contribution in [3.05, 3.63) is 0 Å². The van der Waals surface area contributed by atoms with E-state index in [0.717, 1.165) is 27.7 Å². The SMILES string of the molecule is CC(=O)N[C@H]1[C@H]([C@H](O)[C@H](O)CO)OC(OC[C@H]2OC(O[C@H]3[C@H](O)[C@@H](NC(C)=O)C(O[C@@H]4C(OC[C@H]5OC(O[C@H]6[C@H](O)[C@@H](NC(C)=O)C(O[C@H]7[C@H](O)[C@@H](NC(C)=O)C(O)O[C@@H]7CO)O[C@@H]6CO)[C@@H](O)[C@@H](OC6O[C@H](CO)[C@@H](O)[C@H](O)[C@@H]6O)[C@@H]5O)O[C@H](CO)[C@@H](O)[C@@H]4O)O[C@@H]3CO)[C@H](O)[C@@H](O)[C@H]2O)(C(=O)O)C[C@@H]1O. The molecule has 0 radical (unpaired) electrons. The molecule has 41 atom stereocenters. The molecule has 618 valence electrons. The van der Waals surface area contributed by atoms with Gasteiger partial charge >= 0.3 is 5.97 Å². The summed E-state index contributed by atoms with van der Waals surface area (Å²) in [4.78, 5) is 62.8. The summed E-state index contributed by atoms with van der Waals surface area (Å²) in [5.74, 6) is -8.54. The Morgan fingerprint density at radius 2 is 0.748 bits per heavy atom. The molecule has 8 aliphatic rings. The molecule has 8 heterocycles. The minimum Gasteiger partial charge on any atom is -0.477 e. The lowest BCUT2D eigenvalue weighted by atomic mass is 9.88. The zero-order chi connectivity index (χ0) is 79.3. The summed E-state index contributed by atoms with van der Waals surface area (Å²) in [6, 6.07) is -7.09. The summed E-state index contributed by atoms with van der Waals surface area (Å²) in [6.07, 6.45) is -76.3. The molecule has 0 spiro atoms. The molecule has 0 aromatic heterocycles. The molecule has 8 rings (SSSR count). The van der Waals surface area contributed by atoms with Crippen LogP contribution >= 0.6 is 0 Å². The highest BCUT2D eigenvalue weighted by molar-refractivity contribution is 5.77. The summed E-state index contributed by atoms with van der Waals surface area (Å²) < 4.78 is 87.4. The number of rotatable bonds is 29. The van der Waals surface area contributed by atoms with E-state index in [1.807, 2.05) is 0 Å². The zero-order valence-corrected chi connectivity index (χ0v) is 57.4. The lowest BCUT2D eigenvalue weighted by molar-refractivity contribution is -0.389. The maximum Gasteiger partial charge on any atom is 0.364 e. The monoisotopic (exact) mass is 1570 g/mol. The molecule has 107 heavy (non-hydrogen) atoms. The first kappa shape index (κ1) is 88.4. The van der Waals surface area contributed by atoms with Crippen LogP contribution in [0.15, 0.2) is 0 Å². The van der Waals surface area contributed by atoms with Gasteiger partial charge in [-0.15, -0.1) is 0 Å². The van der Waals surface area contributed by atoms with Gasteiger partial charge in [0.25, 0.3) is 5.79 Å². The Labute approximate surface area is 605 Å². The number of carboxylic acids is 1. The topological polar surface area (TPSA) is 757 Å². The third-order valence-corrected chi connectivity index (χ3v) is 19.2. The Balaban J connectivity index is 1.04. The minimum atomic E-state index is -3.05. The van der Waals surface area contributed by atoms with E-state index in [-0.39, 0.29) is 0 Å². The van der Waals surface area contributed by atoms with E-state index in [1.54, 1.807) is 0 Å². The Morgan fingerprint density at radius 3 is 1.21 bits per heavy atom. The second kappa shape index (κ2) is 38.1. The molecule has 0 aromatic carbocycles. The summed E-state index contributed by atoms with van der Waals surface area (Å²) in [6.45, 7) is -5.00.